The summed E-state index contributed by atoms with van der Waals surface area (Å²) >= 11 is 0. The molecule has 0 aliphatic heterocycles. The zero-order chi connectivity index (χ0) is 10.7. The Bertz CT molecular complexity index is 363. The van der Waals surface area contributed by atoms with Crippen LogP contribution in [-0.2, 0) is 16.0 Å². The Hall–Kier alpha value is -1.78. The van der Waals surface area contributed by atoms with Crippen LogP contribution >= 0.6 is 0 Å². The van der Waals surface area contributed by atoms with Gasteiger partial charge in [0.05, 0.1) is 13.4 Å². The Kier molecular flexibility index (Phi) is 2.91. The summed E-state index contributed by atoms with van der Waals surface area (Å²) < 4.78 is 9.35. The number of carbonyl (C=O) groups excluding carboxylic acids is 1. The second-order valence-electron chi connectivity index (χ2n) is 2.77. The normalized spacial score (nSPS) is 9.86. The number of methoxy groups -OCH3 is 1. The van der Waals surface area contributed by atoms with Gasteiger partial charge in [0.2, 0.25) is 0 Å². The fraction of sp³-hybridized carbons (Fsp3) is 0.333. The first-order chi connectivity index (χ1) is 6.56. The standard InChI is InChI=1S/C9H10O5/c1-5-4-14-6(3-7(10)13-2)8(5)9(11)12/h4H,3H2,1-2H3,(H,11,12). The zero-order valence-corrected chi connectivity index (χ0v) is 7.86. The number of carboxylic acids is 1. The van der Waals surface area contributed by atoms with E-state index in [0.29, 0.717) is 5.56 Å². The lowest BCUT2D eigenvalue weighted by Crippen LogP contribution is -2.08. The first-order valence-corrected chi connectivity index (χ1v) is 3.93. The van der Waals surface area contributed by atoms with Crippen molar-refractivity contribution in [1.29, 1.82) is 0 Å². The maximum Gasteiger partial charge on any atom is 0.339 e. The van der Waals surface area contributed by atoms with E-state index in [-0.39, 0.29) is 17.7 Å². The van der Waals surface area contributed by atoms with Crippen LogP contribution < -0.4 is 0 Å². The van der Waals surface area contributed by atoms with Crippen molar-refractivity contribution in [3.05, 3.63) is 23.2 Å². The van der Waals surface area contributed by atoms with E-state index in [1.807, 2.05) is 0 Å². The van der Waals surface area contributed by atoms with Crippen molar-refractivity contribution >= 4 is 11.9 Å². The molecular weight excluding hydrogens is 188 g/mol. The minimum absolute atomic E-state index is 0.0374. The lowest BCUT2D eigenvalue weighted by molar-refractivity contribution is -0.140. The van der Waals surface area contributed by atoms with Gasteiger partial charge in [0.25, 0.3) is 0 Å². The lowest BCUT2D eigenvalue weighted by atomic mass is 10.1. The van der Waals surface area contributed by atoms with Gasteiger partial charge in [0, 0.05) is 5.56 Å². The van der Waals surface area contributed by atoms with Gasteiger partial charge in [-0.15, -0.1) is 0 Å². The van der Waals surface area contributed by atoms with Crippen molar-refractivity contribution in [2.75, 3.05) is 7.11 Å². The van der Waals surface area contributed by atoms with Gasteiger partial charge in [-0.2, -0.15) is 0 Å². The largest absolute Gasteiger partial charge is 0.478 e. The van der Waals surface area contributed by atoms with E-state index < -0.39 is 11.9 Å². The number of hydrogen-bond donors (Lipinski definition) is 1. The quantitative estimate of drug-likeness (QED) is 0.733. The first-order valence-electron chi connectivity index (χ1n) is 3.93. The Morgan fingerprint density at radius 3 is 2.71 bits per heavy atom. The lowest BCUT2D eigenvalue weighted by Gasteiger charge is -1.97. The number of ether oxygens (including phenoxy) is 1. The molecule has 0 unspecified atom stereocenters. The molecule has 1 N–H and O–H groups in total. The molecule has 14 heavy (non-hydrogen) atoms. The third-order valence-electron chi connectivity index (χ3n) is 1.80. The van der Waals surface area contributed by atoms with Crippen LogP contribution in [0.25, 0.3) is 0 Å². The SMILES string of the molecule is COC(=O)Cc1occ(C)c1C(=O)O. The molecule has 0 saturated heterocycles. The van der Waals surface area contributed by atoms with Crippen molar-refractivity contribution in [1.82, 2.24) is 0 Å². The number of rotatable bonds is 3. The van der Waals surface area contributed by atoms with E-state index >= 15 is 0 Å². The first kappa shape index (κ1) is 10.3. The van der Waals surface area contributed by atoms with Crippen molar-refractivity contribution in [3.8, 4) is 0 Å². The number of furan rings is 1. The Morgan fingerprint density at radius 2 is 2.21 bits per heavy atom. The van der Waals surface area contributed by atoms with E-state index in [1.165, 1.54) is 13.4 Å². The Labute approximate surface area is 80.3 Å². The minimum Gasteiger partial charge on any atom is -0.478 e. The summed E-state index contributed by atoms with van der Waals surface area (Å²) in [4.78, 5) is 21.7. The summed E-state index contributed by atoms with van der Waals surface area (Å²) in [7, 11) is 1.23. The highest BCUT2D eigenvalue weighted by molar-refractivity contribution is 5.91. The summed E-state index contributed by atoms with van der Waals surface area (Å²) in [5.41, 5.74) is 0.534. The summed E-state index contributed by atoms with van der Waals surface area (Å²) in [5, 5.41) is 8.81. The van der Waals surface area contributed by atoms with Crippen LogP contribution in [0.15, 0.2) is 10.7 Å². The molecule has 1 aromatic heterocycles. The highest BCUT2D eigenvalue weighted by atomic mass is 16.5. The molecule has 76 valence electrons. The van der Waals surface area contributed by atoms with Gasteiger partial charge in [-0.3, -0.25) is 4.79 Å². The summed E-state index contributed by atoms with van der Waals surface area (Å²) in [6.07, 6.45) is 1.15. The van der Waals surface area contributed by atoms with Gasteiger partial charge in [-0.1, -0.05) is 0 Å². The number of aryl methyl sites for hydroxylation is 1. The van der Waals surface area contributed by atoms with Crippen LogP contribution in [0.3, 0.4) is 0 Å². The molecule has 0 amide bonds. The van der Waals surface area contributed by atoms with E-state index in [1.54, 1.807) is 6.92 Å². The highest BCUT2D eigenvalue weighted by Crippen LogP contribution is 2.17. The van der Waals surface area contributed by atoms with Crippen molar-refractivity contribution < 1.29 is 23.8 Å². The number of carboxylic acid groups (broad SMARTS) is 1. The molecule has 0 bridgehead atoms. The molecule has 1 heterocycles. The van der Waals surface area contributed by atoms with Gasteiger partial charge in [-0.25, -0.2) is 4.79 Å². The van der Waals surface area contributed by atoms with Crippen molar-refractivity contribution in [3.63, 3.8) is 0 Å². The molecule has 0 aliphatic carbocycles. The minimum atomic E-state index is -1.10. The highest BCUT2D eigenvalue weighted by Gasteiger charge is 2.19. The van der Waals surface area contributed by atoms with Gasteiger partial charge in [0.1, 0.15) is 17.7 Å². The molecule has 0 aromatic carbocycles. The van der Waals surface area contributed by atoms with E-state index in [0.717, 1.165) is 0 Å². The van der Waals surface area contributed by atoms with E-state index in [2.05, 4.69) is 4.74 Å². The van der Waals surface area contributed by atoms with Gasteiger partial charge < -0.3 is 14.3 Å². The van der Waals surface area contributed by atoms with E-state index in [4.69, 9.17) is 9.52 Å². The van der Waals surface area contributed by atoms with Crippen molar-refractivity contribution in [2.45, 2.75) is 13.3 Å². The third-order valence-corrected chi connectivity index (χ3v) is 1.80. The van der Waals surface area contributed by atoms with Crippen LogP contribution in [0, 0.1) is 6.92 Å². The summed E-state index contributed by atoms with van der Waals surface area (Å²) in [5.74, 6) is -1.50. The number of hydrogen-bond acceptors (Lipinski definition) is 4. The molecule has 0 saturated carbocycles. The van der Waals surface area contributed by atoms with Crippen LogP contribution in [0.5, 0.6) is 0 Å². The predicted molar refractivity (Wildman–Crippen MR) is 46.1 cm³/mol. The number of aromatic carboxylic acids is 1. The van der Waals surface area contributed by atoms with Crippen LogP contribution in [-0.4, -0.2) is 24.2 Å². The summed E-state index contributed by atoms with van der Waals surface area (Å²) in [6, 6.07) is 0. The van der Waals surface area contributed by atoms with Gasteiger partial charge in [0.15, 0.2) is 0 Å². The zero-order valence-electron chi connectivity index (χ0n) is 7.86. The van der Waals surface area contributed by atoms with Crippen LogP contribution in [0.4, 0.5) is 0 Å². The number of carbonyl (C=O) groups is 2. The summed E-state index contributed by atoms with van der Waals surface area (Å²) in [6.45, 7) is 1.60. The maximum atomic E-state index is 10.9. The molecule has 1 rings (SSSR count). The van der Waals surface area contributed by atoms with Gasteiger partial charge >= 0.3 is 11.9 Å². The molecule has 0 aliphatic rings. The second kappa shape index (κ2) is 3.95. The molecule has 0 spiro atoms. The van der Waals surface area contributed by atoms with Crippen LogP contribution in [0.1, 0.15) is 21.7 Å². The van der Waals surface area contributed by atoms with E-state index in [9.17, 15) is 9.59 Å². The maximum absolute atomic E-state index is 10.9. The average Bonchev–Trinajstić information content (AvgIpc) is 2.46. The Balaban J connectivity index is 2.98. The molecule has 1 aromatic rings. The van der Waals surface area contributed by atoms with Gasteiger partial charge in [-0.05, 0) is 6.92 Å². The monoisotopic (exact) mass is 198 g/mol. The number of esters is 1. The molecule has 0 fully saturated rings. The second-order valence-corrected chi connectivity index (χ2v) is 2.77. The predicted octanol–water partition coefficient (Wildman–Crippen LogP) is 1.00. The molecule has 0 atom stereocenters. The fourth-order valence-electron chi connectivity index (χ4n) is 1.12. The van der Waals surface area contributed by atoms with Crippen molar-refractivity contribution in [2.24, 2.45) is 0 Å². The Morgan fingerprint density at radius 1 is 1.57 bits per heavy atom. The van der Waals surface area contributed by atoms with Crippen LogP contribution in [0.2, 0.25) is 0 Å². The molecular formula is C9H10O5. The molecule has 5 heteroatoms. The molecule has 5 nitrogen and oxygen atoms in total. The fourth-order valence-corrected chi connectivity index (χ4v) is 1.12. The smallest absolute Gasteiger partial charge is 0.339 e. The topological polar surface area (TPSA) is 76.7 Å². The third kappa shape index (κ3) is 1.93. The average molecular weight is 198 g/mol. The molecule has 0 radical (unpaired) electrons.